The summed E-state index contributed by atoms with van der Waals surface area (Å²) < 4.78 is 5.32. The molecule has 2 aromatic rings. The number of carbonyl (C=O) groups is 3. The molecule has 0 aromatic heterocycles. The molecule has 2 aromatic carbocycles. The molecule has 3 rings (SSSR count). The molecule has 0 N–H and O–H groups in total. The maximum atomic E-state index is 12.4. The molecule has 0 atom stereocenters. The second-order valence-electron chi connectivity index (χ2n) is 7.64. The fourth-order valence-electron chi connectivity index (χ4n) is 3.05. The van der Waals surface area contributed by atoms with E-state index in [0.717, 1.165) is 11.1 Å². The molecule has 140 valence electrons. The van der Waals surface area contributed by atoms with Gasteiger partial charge in [-0.1, -0.05) is 36.4 Å². The van der Waals surface area contributed by atoms with Crippen molar-refractivity contribution in [3.8, 4) is 0 Å². The van der Waals surface area contributed by atoms with Gasteiger partial charge in [-0.15, -0.1) is 0 Å². The average Bonchev–Trinajstić information content (AvgIpc) is 2.84. The summed E-state index contributed by atoms with van der Waals surface area (Å²) in [7, 11) is 0. The van der Waals surface area contributed by atoms with Crippen molar-refractivity contribution >= 4 is 17.8 Å². The van der Waals surface area contributed by atoms with Crippen LogP contribution in [0.5, 0.6) is 0 Å². The number of rotatable bonds is 5. The molecule has 1 aliphatic heterocycles. The lowest BCUT2D eigenvalue weighted by atomic mass is 10.1. The number of amides is 2. The summed E-state index contributed by atoms with van der Waals surface area (Å²) in [5, 5.41) is 0. The lowest BCUT2D eigenvalue weighted by Crippen LogP contribution is -2.31. The summed E-state index contributed by atoms with van der Waals surface area (Å²) in [6, 6.07) is 14.5. The van der Waals surface area contributed by atoms with Gasteiger partial charge in [-0.25, -0.2) is 0 Å². The van der Waals surface area contributed by atoms with Crippen LogP contribution in [0, 0.1) is 0 Å². The number of esters is 1. The molecule has 2 amide bonds. The van der Waals surface area contributed by atoms with Crippen LogP contribution in [-0.4, -0.2) is 34.8 Å². The van der Waals surface area contributed by atoms with Crippen molar-refractivity contribution in [3.05, 3.63) is 70.8 Å². The molecule has 0 spiro atoms. The van der Waals surface area contributed by atoms with E-state index in [1.165, 1.54) is 4.90 Å². The van der Waals surface area contributed by atoms with Crippen LogP contribution in [0.15, 0.2) is 48.5 Å². The second-order valence-corrected chi connectivity index (χ2v) is 7.64. The lowest BCUT2D eigenvalue weighted by Gasteiger charge is -2.19. The van der Waals surface area contributed by atoms with Gasteiger partial charge in [-0.05, 0) is 50.5 Å². The summed E-state index contributed by atoms with van der Waals surface area (Å²) in [6.45, 7) is 5.85. The molecular weight excluding hydrogens is 342 g/mol. The lowest BCUT2D eigenvalue weighted by molar-refractivity contribution is -0.153. The standard InChI is InChI=1S/C22H23NO4/c1-22(2,3)27-19(24)14-16-10-8-15(9-11-16)12-13-23-20(25)17-6-4-5-7-18(17)21(23)26/h4-11H,12-14H2,1-3H3. The maximum Gasteiger partial charge on any atom is 0.310 e. The van der Waals surface area contributed by atoms with Gasteiger partial charge in [0, 0.05) is 6.54 Å². The van der Waals surface area contributed by atoms with Crippen LogP contribution in [0.3, 0.4) is 0 Å². The highest BCUT2D eigenvalue weighted by Crippen LogP contribution is 2.22. The normalized spacial score (nSPS) is 13.7. The highest BCUT2D eigenvalue weighted by Gasteiger charge is 2.34. The molecule has 0 aliphatic carbocycles. The van der Waals surface area contributed by atoms with Crippen LogP contribution in [0.25, 0.3) is 0 Å². The van der Waals surface area contributed by atoms with Crippen molar-refractivity contribution in [1.82, 2.24) is 4.90 Å². The Labute approximate surface area is 158 Å². The summed E-state index contributed by atoms with van der Waals surface area (Å²) in [6.07, 6.45) is 0.786. The minimum atomic E-state index is -0.497. The molecular formula is C22H23NO4. The largest absolute Gasteiger partial charge is 0.460 e. The van der Waals surface area contributed by atoms with E-state index in [0.29, 0.717) is 24.1 Å². The van der Waals surface area contributed by atoms with Gasteiger partial charge in [0.15, 0.2) is 0 Å². The molecule has 27 heavy (non-hydrogen) atoms. The van der Waals surface area contributed by atoms with Crippen LogP contribution < -0.4 is 0 Å². The minimum Gasteiger partial charge on any atom is -0.460 e. The van der Waals surface area contributed by atoms with Crippen LogP contribution in [0.4, 0.5) is 0 Å². The molecule has 0 unspecified atom stereocenters. The van der Waals surface area contributed by atoms with Gasteiger partial charge >= 0.3 is 5.97 Å². The topological polar surface area (TPSA) is 63.7 Å². The first-order valence-corrected chi connectivity index (χ1v) is 8.99. The Bertz CT molecular complexity index is 843. The Balaban J connectivity index is 1.58. The van der Waals surface area contributed by atoms with E-state index in [2.05, 4.69) is 0 Å². The SMILES string of the molecule is CC(C)(C)OC(=O)Cc1ccc(CCN2C(=O)c3ccccc3C2=O)cc1. The van der Waals surface area contributed by atoms with Gasteiger partial charge in [0.25, 0.3) is 11.8 Å². The van der Waals surface area contributed by atoms with E-state index in [-0.39, 0.29) is 24.2 Å². The first kappa shape index (κ1) is 18.8. The molecule has 0 saturated heterocycles. The summed E-state index contributed by atoms with van der Waals surface area (Å²) in [4.78, 5) is 37.9. The van der Waals surface area contributed by atoms with Crippen molar-refractivity contribution in [3.63, 3.8) is 0 Å². The Morgan fingerprint density at radius 1 is 0.889 bits per heavy atom. The number of hydrogen-bond donors (Lipinski definition) is 0. The maximum absolute atomic E-state index is 12.4. The third-order valence-corrected chi connectivity index (χ3v) is 4.29. The monoisotopic (exact) mass is 365 g/mol. The highest BCUT2D eigenvalue weighted by atomic mass is 16.6. The van der Waals surface area contributed by atoms with E-state index in [4.69, 9.17) is 4.74 Å². The second kappa shape index (κ2) is 7.35. The van der Waals surface area contributed by atoms with Gasteiger partial charge in [-0.2, -0.15) is 0 Å². The van der Waals surface area contributed by atoms with Crippen LogP contribution in [0.2, 0.25) is 0 Å². The smallest absolute Gasteiger partial charge is 0.310 e. The summed E-state index contributed by atoms with van der Waals surface area (Å²) in [5.41, 5.74) is 2.31. The Morgan fingerprint density at radius 2 is 1.41 bits per heavy atom. The number of benzene rings is 2. The third kappa shape index (κ3) is 4.42. The van der Waals surface area contributed by atoms with Crippen LogP contribution in [0.1, 0.15) is 52.6 Å². The fraction of sp³-hybridized carbons (Fsp3) is 0.318. The number of nitrogens with zero attached hydrogens (tertiary/aromatic N) is 1. The summed E-state index contributed by atoms with van der Waals surface area (Å²) in [5.74, 6) is -0.740. The highest BCUT2D eigenvalue weighted by molar-refractivity contribution is 6.21. The molecule has 0 fully saturated rings. The Hall–Kier alpha value is -2.95. The van der Waals surface area contributed by atoms with Gasteiger partial charge in [0.05, 0.1) is 17.5 Å². The predicted octanol–water partition coefficient (Wildman–Crippen LogP) is 3.41. The van der Waals surface area contributed by atoms with Crippen molar-refractivity contribution < 1.29 is 19.1 Å². The third-order valence-electron chi connectivity index (χ3n) is 4.29. The number of fused-ring (bicyclic) bond motifs is 1. The molecule has 0 saturated carbocycles. The van der Waals surface area contributed by atoms with Crippen molar-refractivity contribution in [2.24, 2.45) is 0 Å². The van der Waals surface area contributed by atoms with Crippen molar-refractivity contribution in [1.29, 1.82) is 0 Å². The molecule has 5 nitrogen and oxygen atoms in total. The van der Waals surface area contributed by atoms with Crippen molar-refractivity contribution in [2.75, 3.05) is 6.54 Å². The molecule has 5 heteroatoms. The van der Waals surface area contributed by atoms with E-state index in [1.54, 1.807) is 24.3 Å². The predicted molar refractivity (Wildman–Crippen MR) is 102 cm³/mol. The zero-order valence-electron chi connectivity index (χ0n) is 15.8. The van der Waals surface area contributed by atoms with Crippen molar-refractivity contribution in [2.45, 2.75) is 39.2 Å². The quantitative estimate of drug-likeness (QED) is 0.602. The summed E-state index contributed by atoms with van der Waals surface area (Å²) >= 11 is 0. The van der Waals surface area contributed by atoms with E-state index < -0.39 is 5.60 Å². The molecule has 0 bridgehead atoms. The minimum absolute atomic E-state index is 0.218. The first-order valence-electron chi connectivity index (χ1n) is 8.99. The van der Waals surface area contributed by atoms with Crippen LogP contribution >= 0.6 is 0 Å². The molecule has 1 aliphatic rings. The molecule has 1 heterocycles. The molecule has 0 radical (unpaired) electrons. The van der Waals surface area contributed by atoms with Crippen LogP contribution in [-0.2, 0) is 22.4 Å². The number of hydrogen-bond acceptors (Lipinski definition) is 4. The number of ether oxygens (including phenoxy) is 1. The zero-order valence-corrected chi connectivity index (χ0v) is 15.8. The van der Waals surface area contributed by atoms with Gasteiger partial charge in [0.2, 0.25) is 0 Å². The van der Waals surface area contributed by atoms with Gasteiger partial charge in [-0.3, -0.25) is 19.3 Å². The van der Waals surface area contributed by atoms with E-state index >= 15 is 0 Å². The zero-order chi connectivity index (χ0) is 19.6. The number of carbonyl (C=O) groups excluding carboxylic acids is 3. The Kier molecular flexibility index (Phi) is 5.13. The first-order chi connectivity index (χ1) is 12.7. The van der Waals surface area contributed by atoms with E-state index in [1.807, 2.05) is 45.0 Å². The fourth-order valence-corrected chi connectivity index (χ4v) is 3.05. The Morgan fingerprint density at radius 3 is 1.93 bits per heavy atom. The average molecular weight is 365 g/mol. The van der Waals surface area contributed by atoms with Gasteiger partial charge in [0.1, 0.15) is 5.60 Å². The number of imide groups is 1. The van der Waals surface area contributed by atoms with Gasteiger partial charge < -0.3 is 4.74 Å². The van der Waals surface area contributed by atoms with E-state index in [9.17, 15) is 14.4 Å².